The number of nitrogens with one attached hydrogen (secondary N) is 2. The van der Waals surface area contributed by atoms with Crippen molar-refractivity contribution in [3.8, 4) is 11.5 Å². The summed E-state index contributed by atoms with van der Waals surface area (Å²) in [7, 11) is -5.91. The molecular formula is C29H25ClF3N3O7S2. The minimum absolute atomic E-state index is 0.0271. The second kappa shape index (κ2) is 13.3. The SMILES string of the molecule is COc1ccc(OC)c(N(CC(=O)Nc2ccc(S(=O)(=O)Nc3ccc(Cl)c(C(F)(F)F)c3)cc2)S(=O)(=O)c2ccccc2)c1. The van der Waals surface area contributed by atoms with Crippen LogP contribution in [-0.2, 0) is 31.0 Å². The fourth-order valence-electron chi connectivity index (χ4n) is 4.08. The molecule has 0 atom stereocenters. The maximum absolute atomic E-state index is 13.7. The Hall–Kier alpha value is -4.47. The van der Waals surface area contributed by atoms with Crippen molar-refractivity contribution >= 4 is 54.6 Å². The van der Waals surface area contributed by atoms with E-state index >= 15 is 0 Å². The zero-order valence-electron chi connectivity index (χ0n) is 23.5. The van der Waals surface area contributed by atoms with Crippen LogP contribution in [0.5, 0.6) is 11.5 Å². The average Bonchev–Trinajstić information content (AvgIpc) is 3.00. The quantitative estimate of drug-likeness (QED) is 0.198. The van der Waals surface area contributed by atoms with Gasteiger partial charge in [-0.25, -0.2) is 16.8 Å². The van der Waals surface area contributed by atoms with Crippen molar-refractivity contribution in [3.63, 3.8) is 0 Å². The molecule has 2 N–H and O–H groups in total. The lowest BCUT2D eigenvalue weighted by Gasteiger charge is -2.26. The van der Waals surface area contributed by atoms with Crippen LogP contribution < -0.4 is 23.8 Å². The maximum Gasteiger partial charge on any atom is 0.417 e. The molecule has 0 saturated carbocycles. The summed E-state index contributed by atoms with van der Waals surface area (Å²) in [6, 6.07) is 19.1. The molecule has 0 aliphatic heterocycles. The van der Waals surface area contributed by atoms with Crippen LogP contribution in [0.15, 0.2) is 101 Å². The molecule has 4 aromatic rings. The third-order valence-electron chi connectivity index (χ3n) is 6.25. The molecule has 0 saturated heterocycles. The summed E-state index contributed by atoms with van der Waals surface area (Å²) >= 11 is 5.60. The van der Waals surface area contributed by atoms with E-state index in [1.807, 2.05) is 0 Å². The number of anilines is 3. The van der Waals surface area contributed by atoms with Gasteiger partial charge in [0.15, 0.2) is 0 Å². The van der Waals surface area contributed by atoms with Gasteiger partial charge in [-0.2, -0.15) is 13.2 Å². The molecule has 16 heteroatoms. The Balaban J connectivity index is 1.57. The first kappa shape index (κ1) is 33.4. The van der Waals surface area contributed by atoms with E-state index in [0.717, 1.165) is 28.6 Å². The molecule has 4 rings (SSSR count). The van der Waals surface area contributed by atoms with Crippen molar-refractivity contribution in [1.29, 1.82) is 0 Å². The summed E-state index contributed by atoms with van der Waals surface area (Å²) in [5, 5.41) is 1.93. The van der Waals surface area contributed by atoms with E-state index in [-0.39, 0.29) is 32.6 Å². The second-order valence-corrected chi connectivity index (χ2v) is 13.2. The number of hydrogen-bond acceptors (Lipinski definition) is 7. The van der Waals surface area contributed by atoms with Crippen molar-refractivity contribution in [2.45, 2.75) is 16.0 Å². The van der Waals surface area contributed by atoms with Gasteiger partial charge in [-0.15, -0.1) is 0 Å². The molecule has 0 unspecified atom stereocenters. The largest absolute Gasteiger partial charge is 0.497 e. The Morgan fingerprint density at radius 2 is 1.47 bits per heavy atom. The lowest BCUT2D eigenvalue weighted by molar-refractivity contribution is -0.137. The minimum atomic E-state index is -4.80. The number of carbonyl (C=O) groups is 1. The molecular weight excluding hydrogens is 659 g/mol. The van der Waals surface area contributed by atoms with Crippen molar-refractivity contribution < 1.29 is 44.3 Å². The molecule has 0 spiro atoms. The first-order valence-electron chi connectivity index (χ1n) is 12.7. The van der Waals surface area contributed by atoms with Gasteiger partial charge < -0.3 is 14.8 Å². The Morgan fingerprint density at radius 1 is 0.822 bits per heavy atom. The molecule has 0 heterocycles. The van der Waals surface area contributed by atoms with Gasteiger partial charge in [0.1, 0.15) is 18.0 Å². The number of halogens is 4. The highest BCUT2D eigenvalue weighted by Crippen LogP contribution is 2.37. The predicted molar refractivity (Wildman–Crippen MR) is 163 cm³/mol. The number of hydrogen-bond donors (Lipinski definition) is 2. The van der Waals surface area contributed by atoms with Gasteiger partial charge in [0.25, 0.3) is 20.0 Å². The fraction of sp³-hybridized carbons (Fsp3) is 0.138. The van der Waals surface area contributed by atoms with Crippen molar-refractivity contribution in [1.82, 2.24) is 0 Å². The Morgan fingerprint density at radius 3 is 2.07 bits per heavy atom. The summed E-state index contributed by atoms with van der Waals surface area (Å²) in [5.74, 6) is -0.333. The molecule has 0 radical (unpaired) electrons. The third-order valence-corrected chi connectivity index (χ3v) is 9.75. The van der Waals surface area contributed by atoms with Crippen LogP contribution in [0.4, 0.5) is 30.2 Å². The van der Waals surface area contributed by atoms with Gasteiger partial charge in [0.05, 0.1) is 40.3 Å². The van der Waals surface area contributed by atoms with Crippen LogP contribution >= 0.6 is 11.6 Å². The predicted octanol–water partition coefficient (Wildman–Crippen LogP) is 6.01. The standard InChI is InChI=1S/C29H25ClF3N3O7S2/c1-42-21-11-15-27(43-2)26(17-21)36(45(40,41)23-6-4-3-5-7-23)18-28(37)34-19-8-12-22(13-9-19)44(38,39)35-20-10-14-25(30)24(16-20)29(31,32)33/h3-17,35H,18H2,1-2H3,(H,34,37). The number of methoxy groups -OCH3 is 2. The number of amides is 1. The summed E-state index contributed by atoms with van der Waals surface area (Å²) in [5.41, 5.74) is -1.44. The van der Waals surface area contributed by atoms with Crippen LogP contribution in [0, 0.1) is 0 Å². The van der Waals surface area contributed by atoms with Crippen LogP contribution in [0.2, 0.25) is 5.02 Å². The first-order chi connectivity index (χ1) is 21.2. The van der Waals surface area contributed by atoms with Crippen LogP contribution in [0.3, 0.4) is 0 Å². The normalized spacial score (nSPS) is 11.9. The van der Waals surface area contributed by atoms with Crippen molar-refractivity contribution in [2.24, 2.45) is 0 Å². The van der Waals surface area contributed by atoms with E-state index in [1.165, 1.54) is 62.8 Å². The number of sulfonamides is 2. The summed E-state index contributed by atoms with van der Waals surface area (Å²) in [6.45, 7) is -0.708. The molecule has 0 fully saturated rings. The monoisotopic (exact) mass is 683 g/mol. The first-order valence-corrected chi connectivity index (χ1v) is 16.0. The third kappa shape index (κ3) is 7.79. The number of carbonyl (C=O) groups excluding carboxylic acids is 1. The van der Waals surface area contributed by atoms with Crippen LogP contribution in [0.1, 0.15) is 5.56 Å². The highest BCUT2D eigenvalue weighted by Gasteiger charge is 2.34. The number of benzene rings is 4. The molecule has 1 amide bonds. The number of nitrogens with zero attached hydrogens (tertiary/aromatic N) is 1. The molecule has 0 aromatic heterocycles. The molecule has 0 aliphatic rings. The fourth-order valence-corrected chi connectivity index (χ4v) is 6.80. The van der Waals surface area contributed by atoms with E-state index in [4.69, 9.17) is 21.1 Å². The van der Waals surface area contributed by atoms with Gasteiger partial charge in [-0.3, -0.25) is 13.8 Å². The van der Waals surface area contributed by atoms with Gasteiger partial charge in [0.2, 0.25) is 5.91 Å². The summed E-state index contributed by atoms with van der Waals surface area (Å²) < 4.78 is 106. The Kier molecular flexibility index (Phi) is 9.85. The second-order valence-electron chi connectivity index (χ2n) is 9.23. The topological polar surface area (TPSA) is 131 Å². The molecule has 4 aromatic carbocycles. The number of ether oxygens (including phenoxy) is 2. The molecule has 0 bridgehead atoms. The maximum atomic E-state index is 13.7. The number of alkyl halides is 3. The van der Waals surface area contributed by atoms with Crippen molar-refractivity contribution in [2.75, 3.05) is 35.1 Å². The zero-order chi connectivity index (χ0) is 33.0. The van der Waals surface area contributed by atoms with Gasteiger partial charge in [-0.1, -0.05) is 29.8 Å². The Labute approximate surface area is 262 Å². The zero-order valence-corrected chi connectivity index (χ0v) is 25.9. The minimum Gasteiger partial charge on any atom is -0.497 e. The molecule has 0 aliphatic carbocycles. The summed E-state index contributed by atoms with van der Waals surface area (Å²) in [6.07, 6.45) is -4.80. The highest BCUT2D eigenvalue weighted by atomic mass is 35.5. The molecule has 238 valence electrons. The smallest absolute Gasteiger partial charge is 0.417 e. The van der Waals surface area contributed by atoms with Gasteiger partial charge in [0, 0.05) is 17.4 Å². The van der Waals surface area contributed by atoms with Crippen LogP contribution in [-0.4, -0.2) is 43.5 Å². The van der Waals surface area contributed by atoms with Crippen molar-refractivity contribution in [3.05, 3.63) is 102 Å². The van der Waals surface area contributed by atoms with E-state index in [2.05, 4.69) is 10.0 Å². The van der Waals surface area contributed by atoms with E-state index in [0.29, 0.717) is 11.8 Å². The van der Waals surface area contributed by atoms with Gasteiger partial charge in [-0.05, 0) is 66.7 Å². The Bertz CT molecular complexity index is 1910. The van der Waals surface area contributed by atoms with E-state index < -0.39 is 49.3 Å². The molecule has 45 heavy (non-hydrogen) atoms. The lowest BCUT2D eigenvalue weighted by atomic mass is 10.2. The lowest BCUT2D eigenvalue weighted by Crippen LogP contribution is -2.38. The average molecular weight is 684 g/mol. The van der Waals surface area contributed by atoms with Crippen LogP contribution in [0.25, 0.3) is 0 Å². The van der Waals surface area contributed by atoms with E-state index in [9.17, 15) is 34.8 Å². The van der Waals surface area contributed by atoms with E-state index in [1.54, 1.807) is 12.1 Å². The summed E-state index contributed by atoms with van der Waals surface area (Å²) in [4.78, 5) is 12.8. The molecule has 10 nitrogen and oxygen atoms in total. The van der Waals surface area contributed by atoms with Gasteiger partial charge >= 0.3 is 6.18 Å². The highest BCUT2D eigenvalue weighted by molar-refractivity contribution is 7.93. The number of rotatable bonds is 11.